The molecule has 0 aliphatic carbocycles. The molecule has 36 heavy (non-hydrogen) atoms. The Morgan fingerprint density at radius 3 is 2.78 bits per heavy atom. The second-order valence-corrected chi connectivity index (χ2v) is 9.32. The number of fused-ring (bicyclic) bond motifs is 1. The maximum absolute atomic E-state index is 13.7. The molecule has 9 nitrogen and oxygen atoms in total. The van der Waals surface area contributed by atoms with Crippen molar-refractivity contribution in [3.63, 3.8) is 0 Å². The lowest BCUT2D eigenvalue weighted by Gasteiger charge is -2.31. The number of rotatable bonds is 7. The van der Waals surface area contributed by atoms with E-state index in [0.29, 0.717) is 50.1 Å². The third-order valence-electron chi connectivity index (χ3n) is 6.63. The van der Waals surface area contributed by atoms with Gasteiger partial charge < -0.3 is 30.7 Å². The van der Waals surface area contributed by atoms with Gasteiger partial charge in [0, 0.05) is 43.9 Å². The molecule has 3 aromatic rings. The number of nitrogens with one attached hydrogen (secondary N) is 2. The lowest BCUT2D eigenvalue weighted by atomic mass is 10.0. The molecule has 1 saturated heterocycles. The third-order valence-corrected chi connectivity index (χ3v) is 6.63. The van der Waals surface area contributed by atoms with Crippen LogP contribution in [-0.4, -0.2) is 59.7 Å². The van der Waals surface area contributed by atoms with Crippen molar-refractivity contribution in [2.45, 2.75) is 38.4 Å². The lowest BCUT2D eigenvalue weighted by Crippen LogP contribution is -2.48. The van der Waals surface area contributed by atoms with E-state index in [1.54, 1.807) is 7.11 Å². The van der Waals surface area contributed by atoms with Gasteiger partial charge in [0.15, 0.2) is 0 Å². The molecule has 2 atom stereocenters. The molecule has 0 spiro atoms. The minimum absolute atomic E-state index is 0.00878. The van der Waals surface area contributed by atoms with Crippen molar-refractivity contribution in [2.75, 3.05) is 37.5 Å². The molecule has 4 N–H and O–H groups in total. The normalized spacial score (nSPS) is 19.5. The molecule has 2 aliphatic rings. The summed E-state index contributed by atoms with van der Waals surface area (Å²) in [5.41, 5.74) is 10.5. The van der Waals surface area contributed by atoms with Gasteiger partial charge in [-0.1, -0.05) is 24.3 Å². The lowest BCUT2D eigenvalue weighted by molar-refractivity contribution is 0.0725. The van der Waals surface area contributed by atoms with E-state index in [0.717, 1.165) is 34.7 Å². The van der Waals surface area contributed by atoms with Gasteiger partial charge in [-0.2, -0.15) is 4.98 Å². The van der Waals surface area contributed by atoms with E-state index in [2.05, 4.69) is 10.6 Å². The highest BCUT2D eigenvalue weighted by Gasteiger charge is 2.31. The molecule has 1 fully saturated rings. The van der Waals surface area contributed by atoms with Crippen molar-refractivity contribution in [3.8, 4) is 5.75 Å². The van der Waals surface area contributed by atoms with Crippen molar-refractivity contribution < 1.29 is 14.3 Å². The van der Waals surface area contributed by atoms with Gasteiger partial charge in [0.25, 0.3) is 5.91 Å². The van der Waals surface area contributed by atoms with Crippen molar-refractivity contribution in [2.24, 2.45) is 5.73 Å². The smallest absolute Gasteiger partial charge is 0.259 e. The Labute approximate surface area is 211 Å². The van der Waals surface area contributed by atoms with E-state index in [4.69, 9.17) is 25.2 Å². The SMILES string of the molecule is COc1ccc(CN2CCc3nc(NC4CCOCC4N)nc(Nc4cccc(C)c4)c3C2=O)cc1. The van der Waals surface area contributed by atoms with Crippen LogP contribution < -0.4 is 21.1 Å². The van der Waals surface area contributed by atoms with Crippen molar-refractivity contribution in [3.05, 3.63) is 70.9 Å². The summed E-state index contributed by atoms with van der Waals surface area (Å²) >= 11 is 0. The standard InChI is InChI=1S/C27H32N6O3/c1-17-4-3-5-19(14-17)29-25-24-23(31-27(32-25)30-22-11-13-36-16-21(22)28)10-12-33(26(24)34)15-18-6-8-20(35-2)9-7-18/h3-9,14,21-22H,10-13,15-16,28H2,1-2H3,(H2,29,30,31,32). The van der Waals surface area contributed by atoms with Crippen LogP contribution in [0, 0.1) is 6.92 Å². The number of methoxy groups -OCH3 is 1. The summed E-state index contributed by atoms with van der Waals surface area (Å²) in [5, 5.41) is 6.77. The average Bonchev–Trinajstić information content (AvgIpc) is 2.87. The van der Waals surface area contributed by atoms with Crippen LogP contribution in [0.4, 0.5) is 17.5 Å². The maximum Gasteiger partial charge on any atom is 0.259 e. The number of amides is 1. The molecule has 1 amide bonds. The maximum atomic E-state index is 13.7. The van der Waals surface area contributed by atoms with E-state index in [-0.39, 0.29) is 18.0 Å². The van der Waals surface area contributed by atoms with E-state index in [1.165, 1.54) is 0 Å². The largest absolute Gasteiger partial charge is 0.497 e. The van der Waals surface area contributed by atoms with Crippen molar-refractivity contribution in [1.29, 1.82) is 0 Å². The van der Waals surface area contributed by atoms with Gasteiger partial charge in [-0.3, -0.25) is 4.79 Å². The van der Waals surface area contributed by atoms with Crippen LogP contribution in [0.15, 0.2) is 48.5 Å². The summed E-state index contributed by atoms with van der Waals surface area (Å²) in [6.45, 7) is 4.25. The number of ether oxygens (including phenoxy) is 2. The zero-order valence-electron chi connectivity index (χ0n) is 20.7. The number of aromatic nitrogens is 2. The molecule has 9 heteroatoms. The molecule has 0 saturated carbocycles. The molecule has 2 aromatic carbocycles. The predicted octanol–water partition coefficient (Wildman–Crippen LogP) is 3.26. The molecular weight excluding hydrogens is 456 g/mol. The van der Waals surface area contributed by atoms with Gasteiger partial charge in [-0.15, -0.1) is 0 Å². The van der Waals surface area contributed by atoms with E-state index < -0.39 is 0 Å². The van der Waals surface area contributed by atoms with Gasteiger partial charge in [-0.05, 0) is 48.7 Å². The summed E-state index contributed by atoms with van der Waals surface area (Å²) in [7, 11) is 1.64. The first kappa shape index (κ1) is 24.0. The van der Waals surface area contributed by atoms with E-state index in [9.17, 15) is 4.79 Å². The van der Waals surface area contributed by atoms with Gasteiger partial charge in [0.1, 0.15) is 17.1 Å². The van der Waals surface area contributed by atoms with Crippen LogP contribution in [0.3, 0.4) is 0 Å². The fourth-order valence-corrected chi connectivity index (χ4v) is 4.64. The Balaban J connectivity index is 1.45. The first-order chi connectivity index (χ1) is 17.5. The van der Waals surface area contributed by atoms with Crippen LogP contribution in [-0.2, 0) is 17.7 Å². The molecule has 5 rings (SSSR count). The quantitative estimate of drug-likeness (QED) is 0.464. The summed E-state index contributed by atoms with van der Waals surface area (Å²) in [6, 6.07) is 15.6. The number of benzene rings is 2. The van der Waals surface area contributed by atoms with Gasteiger partial charge in [-0.25, -0.2) is 4.98 Å². The average molecular weight is 489 g/mol. The fraction of sp³-hybridized carbons (Fsp3) is 0.370. The molecule has 0 bridgehead atoms. The monoisotopic (exact) mass is 488 g/mol. The number of nitrogens with two attached hydrogens (primary N) is 1. The van der Waals surface area contributed by atoms with Crippen molar-refractivity contribution >= 4 is 23.4 Å². The van der Waals surface area contributed by atoms with Crippen LogP contribution in [0.5, 0.6) is 5.75 Å². The Kier molecular flexibility index (Phi) is 7.02. The fourth-order valence-electron chi connectivity index (χ4n) is 4.64. The molecule has 0 radical (unpaired) electrons. The minimum Gasteiger partial charge on any atom is -0.497 e. The Morgan fingerprint density at radius 2 is 2.03 bits per heavy atom. The Bertz CT molecular complexity index is 1230. The summed E-state index contributed by atoms with van der Waals surface area (Å²) in [6.07, 6.45) is 1.41. The second kappa shape index (κ2) is 10.5. The highest BCUT2D eigenvalue weighted by molar-refractivity contribution is 6.01. The van der Waals surface area contributed by atoms with Crippen LogP contribution in [0.2, 0.25) is 0 Å². The third kappa shape index (κ3) is 5.27. The molecule has 1 aromatic heterocycles. The second-order valence-electron chi connectivity index (χ2n) is 9.32. The Morgan fingerprint density at radius 1 is 1.19 bits per heavy atom. The number of hydrogen-bond donors (Lipinski definition) is 3. The molecule has 3 heterocycles. The van der Waals surface area contributed by atoms with E-state index >= 15 is 0 Å². The van der Waals surface area contributed by atoms with Gasteiger partial charge >= 0.3 is 0 Å². The van der Waals surface area contributed by atoms with Crippen LogP contribution in [0.1, 0.15) is 33.6 Å². The number of hydrogen-bond acceptors (Lipinski definition) is 8. The zero-order valence-corrected chi connectivity index (χ0v) is 20.7. The first-order valence-corrected chi connectivity index (χ1v) is 12.3. The van der Waals surface area contributed by atoms with Crippen LogP contribution in [0.25, 0.3) is 0 Å². The topological polar surface area (TPSA) is 115 Å². The highest BCUT2D eigenvalue weighted by Crippen LogP contribution is 2.29. The van der Waals surface area contributed by atoms with E-state index in [1.807, 2.05) is 60.4 Å². The number of carbonyl (C=O) groups is 1. The zero-order chi connectivity index (χ0) is 25.1. The number of aryl methyl sites for hydroxylation is 1. The van der Waals surface area contributed by atoms with Crippen molar-refractivity contribution in [1.82, 2.24) is 14.9 Å². The summed E-state index contributed by atoms with van der Waals surface area (Å²) in [5.74, 6) is 1.67. The van der Waals surface area contributed by atoms with Gasteiger partial charge in [0.05, 0.1) is 19.4 Å². The van der Waals surface area contributed by atoms with Crippen LogP contribution >= 0.6 is 0 Å². The number of nitrogens with zero attached hydrogens (tertiary/aromatic N) is 3. The van der Waals surface area contributed by atoms with Gasteiger partial charge in [0.2, 0.25) is 5.95 Å². The molecule has 188 valence electrons. The Hall–Kier alpha value is -3.69. The number of anilines is 3. The molecule has 2 aliphatic heterocycles. The number of carbonyl (C=O) groups excluding carboxylic acids is 1. The highest BCUT2D eigenvalue weighted by atomic mass is 16.5. The first-order valence-electron chi connectivity index (χ1n) is 12.3. The summed E-state index contributed by atoms with van der Waals surface area (Å²) < 4.78 is 10.7. The molecule has 2 unspecified atom stereocenters. The predicted molar refractivity (Wildman–Crippen MR) is 139 cm³/mol. The minimum atomic E-state index is -0.145. The molecular formula is C27H32N6O3. The summed E-state index contributed by atoms with van der Waals surface area (Å²) in [4.78, 5) is 25.1.